The fourth-order valence-electron chi connectivity index (χ4n) is 2.79. The minimum Gasteiger partial charge on any atom is -0.474 e. The summed E-state index contributed by atoms with van der Waals surface area (Å²) in [7, 11) is 2.02. The number of ether oxygens (including phenoxy) is 1. The molecule has 0 aliphatic heterocycles. The molecule has 1 heterocycles. The van der Waals surface area contributed by atoms with Crippen LogP contribution < -0.4 is 4.74 Å². The van der Waals surface area contributed by atoms with E-state index < -0.39 is 0 Å². The number of aryl methyl sites for hydroxylation is 3. The Morgan fingerprint density at radius 3 is 2.31 bits per heavy atom. The lowest BCUT2D eigenvalue weighted by Crippen LogP contribution is -2.24. The van der Waals surface area contributed by atoms with E-state index >= 15 is 0 Å². The monoisotopic (exact) mass is 353 g/mol. The molecule has 0 saturated heterocycles. The largest absolute Gasteiger partial charge is 0.474 e. The van der Waals surface area contributed by atoms with Gasteiger partial charge in [0.2, 0.25) is 5.88 Å². The maximum Gasteiger partial charge on any atom is 0.213 e. The molecule has 0 saturated carbocycles. The van der Waals surface area contributed by atoms with E-state index in [9.17, 15) is 0 Å². The van der Waals surface area contributed by atoms with Crippen LogP contribution in [0.3, 0.4) is 0 Å². The third kappa shape index (κ3) is 5.87. The van der Waals surface area contributed by atoms with Gasteiger partial charge in [0.15, 0.2) is 0 Å². The van der Waals surface area contributed by atoms with Gasteiger partial charge in [0.05, 0.1) is 17.7 Å². The number of hydrogen-bond acceptors (Lipinski definition) is 3. The van der Waals surface area contributed by atoms with E-state index in [2.05, 4.69) is 67.7 Å². The number of benzene rings is 1. The maximum absolute atomic E-state index is 6.02. The molecule has 1 atom stereocenters. The number of nitrogens with zero attached hydrogens (tertiary/aromatic N) is 3. The van der Waals surface area contributed by atoms with Gasteiger partial charge in [0.1, 0.15) is 6.10 Å². The van der Waals surface area contributed by atoms with E-state index in [-0.39, 0.29) is 6.10 Å². The first-order valence-electron chi connectivity index (χ1n) is 9.22. The predicted octanol–water partition coefficient (Wildman–Crippen LogP) is 5.02. The Bertz CT molecular complexity index is 748. The summed E-state index contributed by atoms with van der Waals surface area (Å²) in [6, 6.07) is 10.9. The molecule has 0 aliphatic carbocycles. The smallest absolute Gasteiger partial charge is 0.213 e. The average Bonchev–Trinajstić information content (AvgIpc) is 2.52. The van der Waals surface area contributed by atoms with E-state index in [0.717, 1.165) is 17.8 Å². The Labute approximate surface area is 157 Å². The van der Waals surface area contributed by atoms with Crippen molar-refractivity contribution in [3.63, 3.8) is 0 Å². The summed E-state index contributed by atoms with van der Waals surface area (Å²) in [5.74, 6) is 0.649. The summed E-state index contributed by atoms with van der Waals surface area (Å²) in [6.45, 7) is 12.6. The summed E-state index contributed by atoms with van der Waals surface area (Å²) in [5.41, 5.74) is 5.61. The van der Waals surface area contributed by atoms with Crippen molar-refractivity contribution in [2.24, 2.45) is 4.99 Å². The Hall–Kier alpha value is -2.36. The van der Waals surface area contributed by atoms with Crippen molar-refractivity contribution in [2.45, 2.75) is 60.1 Å². The molecule has 0 bridgehead atoms. The zero-order valence-electron chi connectivity index (χ0n) is 17.1. The summed E-state index contributed by atoms with van der Waals surface area (Å²) >= 11 is 0. The molecule has 2 rings (SSSR count). The molecule has 0 amide bonds. The second-order valence-electron chi connectivity index (χ2n) is 7.39. The predicted molar refractivity (Wildman–Crippen MR) is 110 cm³/mol. The highest BCUT2D eigenvalue weighted by Gasteiger charge is 2.09. The van der Waals surface area contributed by atoms with E-state index in [1.807, 2.05) is 32.4 Å². The number of hydrogen-bond donors (Lipinski definition) is 0. The molecule has 1 aromatic heterocycles. The van der Waals surface area contributed by atoms with Crippen LogP contribution in [0.2, 0.25) is 0 Å². The third-order valence-corrected chi connectivity index (χ3v) is 4.35. The minimum absolute atomic E-state index is 0.0597. The number of aliphatic imine (C=N–C) groups is 1. The van der Waals surface area contributed by atoms with Gasteiger partial charge in [-0.25, -0.2) is 9.98 Å². The van der Waals surface area contributed by atoms with E-state index in [1.54, 1.807) is 0 Å². The fraction of sp³-hybridized carbons (Fsp3) is 0.455. The SMILES string of the molecule is Cc1cc(C)cc(CC(C)Oc2ccc(/N=C/N(C)C(C)C)c(C)n2)c1. The van der Waals surface area contributed by atoms with Crippen LogP contribution in [0.25, 0.3) is 0 Å². The van der Waals surface area contributed by atoms with Crippen molar-refractivity contribution in [3.8, 4) is 5.88 Å². The third-order valence-electron chi connectivity index (χ3n) is 4.35. The van der Waals surface area contributed by atoms with E-state index in [4.69, 9.17) is 4.74 Å². The molecule has 1 aromatic carbocycles. The van der Waals surface area contributed by atoms with Crippen LogP contribution in [0.4, 0.5) is 5.69 Å². The van der Waals surface area contributed by atoms with Crippen LogP contribution in [0.15, 0.2) is 35.3 Å². The number of rotatable bonds is 7. The Kier molecular flexibility index (Phi) is 6.78. The van der Waals surface area contributed by atoms with Gasteiger partial charge < -0.3 is 9.64 Å². The first-order valence-corrected chi connectivity index (χ1v) is 9.22. The Balaban J connectivity index is 2.02. The van der Waals surface area contributed by atoms with Gasteiger partial charge in [-0.1, -0.05) is 29.3 Å². The standard InChI is InChI=1S/C22H31N3O/c1-15(2)25(7)14-23-21-8-9-22(24-19(21)6)26-18(5)13-20-11-16(3)10-17(4)12-20/h8-12,14-15,18H,13H2,1-7H3/b23-14+. The normalized spacial score (nSPS) is 12.6. The van der Waals surface area contributed by atoms with Crippen molar-refractivity contribution in [3.05, 3.63) is 52.7 Å². The molecular formula is C22H31N3O. The van der Waals surface area contributed by atoms with Crippen LogP contribution in [0.5, 0.6) is 5.88 Å². The van der Waals surface area contributed by atoms with Crippen molar-refractivity contribution >= 4 is 12.0 Å². The zero-order chi connectivity index (χ0) is 19.3. The Morgan fingerprint density at radius 2 is 1.73 bits per heavy atom. The molecule has 4 heteroatoms. The van der Waals surface area contributed by atoms with Crippen LogP contribution in [0, 0.1) is 20.8 Å². The summed E-state index contributed by atoms with van der Waals surface area (Å²) in [5, 5.41) is 0. The van der Waals surface area contributed by atoms with Gasteiger partial charge in [-0.15, -0.1) is 0 Å². The maximum atomic E-state index is 6.02. The molecule has 4 nitrogen and oxygen atoms in total. The summed E-state index contributed by atoms with van der Waals surface area (Å²) in [4.78, 5) is 11.1. The van der Waals surface area contributed by atoms with Gasteiger partial charge in [0.25, 0.3) is 0 Å². The lowest BCUT2D eigenvalue weighted by molar-refractivity contribution is 0.213. The highest BCUT2D eigenvalue weighted by molar-refractivity contribution is 5.62. The average molecular weight is 354 g/mol. The molecule has 0 spiro atoms. The molecule has 0 aliphatic rings. The van der Waals surface area contributed by atoms with Gasteiger partial charge in [-0.3, -0.25) is 0 Å². The lowest BCUT2D eigenvalue weighted by Gasteiger charge is -2.17. The van der Waals surface area contributed by atoms with E-state index in [0.29, 0.717) is 11.9 Å². The quantitative estimate of drug-likeness (QED) is 0.518. The zero-order valence-corrected chi connectivity index (χ0v) is 17.1. The molecule has 0 N–H and O–H groups in total. The second-order valence-corrected chi connectivity index (χ2v) is 7.39. The topological polar surface area (TPSA) is 37.7 Å². The van der Waals surface area contributed by atoms with Gasteiger partial charge >= 0.3 is 0 Å². The van der Waals surface area contributed by atoms with Crippen LogP contribution in [-0.4, -0.2) is 35.4 Å². The highest BCUT2D eigenvalue weighted by Crippen LogP contribution is 2.21. The molecular weight excluding hydrogens is 322 g/mol. The lowest BCUT2D eigenvalue weighted by atomic mass is 10.0. The van der Waals surface area contributed by atoms with Crippen LogP contribution >= 0.6 is 0 Å². The summed E-state index contributed by atoms with van der Waals surface area (Å²) < 4.78 is 6.02. The number of pyridine rings is 1. The Morgan fingerprint density at radius 1 is 1.08 bits per heavy atom. The first kappa shape index (κ1) is 20.0. The molecule has 1 unspecified atom stereocenters. The molecule has 0 radical (unpaired) electrons. The van der Waals surface area contributed by atoms with Gasteiger partial charge in [-0.05, 0) is 53.2 Å². The van der Waals surface area contributed by atoms with Gasteiger partial charge in [0, 0.05) is 25.6 Å². The van der Waals surface area contributed by atoms with Gasteiger partial charge in [-0.2, -0.15) is 0 Å². The number of aromatic nitrogens is 1. The molecule has 2 aromatic rings. The summed E-state index contributed by atoms with van der Waals surface area (Å²) in [6.07, 6.45) is 2.77. The second kappa shape index (κ2) is 8.84. The van der Waals surface area contributed by atoms with Crippen molar-refractivity contribution in [2.75, 3.05) is 7.05 Å². The molecule has 140 valence electrons. The molecule has 26 heavy (non-hydrogen) atoms. The first-order chi connectivity index (χ1) is 12.2. The van der Waals surface area contributed by atoms with Crippen LogP contribution in [0.1, 0.15) is 43.2 Å². The fourth-order valence-corrected chi connectivity index (χ4v) is 2.79. The highest BCUT2D eigenvalue weighted by atomic mass is 16.5. The van der Waals surface area contributed by atoms with Crippen molar-refractivity contribution < 1.29 is 4.74 Å². The molecule has 0 fully saturated rings. The minimum atomic E-state index is 0.0597. The van der Waals surface area contributed by atoms with E-state index in [1.165, 1.54) is 16.7 Å². The van der Waals surface area contributed by atoms with Crippen LogP contribution in [-0.2, 0) is 6.42 Å². The van der Waals surface area contributed by atoms with Crippen molar-refractivity contribution in [1.29, 1.82) is 0 Å². The van der Waals surface area contributed by atoms with Crippen molar-refractivity contribution in [1.82, 2.24) is 9.88 Å².